The van der Waals surface area contributed by atoms with Crippen molar-refractivity contribution in [3.63, 3.8) is 0 Å². The van der Waals surface area contributed by atoms with Crippen LogP contribution in [0.1, 0.15) is 36.8 Å². The van der Waals surface area contributed by atoms with Crippen LogP contribution in [0.2, 0.25) is 0 Å². The lowest BCUT2D eigenvalue weighted by molar-refractivity contribution is 0.104. The molecule has 1 amide bonds. The number of carbonyl (C=O) groups excluding carboxylic acids is 1. The standard InChI is InChI=1S/C12H15NO2.C11H15N/c14-12(13-8-4-5-9-13)15-10-11-6-2-1-3-7-11;1-12(11-7-8-11)9-10-5-3-2-4-6-10/h1-3,6-7H,4-5,8-10H2;2-6,11H,7-9H2,1H3. The van der Waals surface area contributed by atoms with Gasteiger partial charge in [-0.2, -0.15) is 0 Å². The number of likely N-dealkylation sites (tertiary alicyclic amines) is 1. The molecule has 1 aliphatic heterocycles. The van der Waals surface area contributed by atoms with Gasteiger partial charge in [0, 0.05) is 25.7 Å². The highest BCUT2D eigenvalue weighted by Gasteiger charge is 2.25. The Morgan fingerprint density at radius 3 is 2.07 bits per heavy atom. The first kappa shape index (κ1) is 19.4. The fraction of sp³-hybridized carbons (Fsp3) is 0.435. The first-order chi connectivity index (χ1) is 13.2. The third-order valence-electron chi connectivity index (χ3n) is 5.01. The molecule has 1 saturated carbocycles. The summed E-state index contributed by atoms with van der Waals surface area (Å²) in [6.45, 7) is 3.16. The molecule has 0 aromatic heterocycles. The van der Waals surface area contributed by atoms with Gasteiger partial charge >= 0.3 is 6.09 Å². The molecule has 4 rings (SSSR count). The molecular weight excluding hydrogens is 336 g/mol. The zero-order chi connectivity index (χ0) is 18.9. The molecule has 1 saturated heterocycles. The second-order valence-corrected chi connectivity index (χ2v) is 7.37. The molecule has 4 nitrogen and oxygen atoms in total. The van der Waals surface area contributed by atoms with Gasteiger partial charge in [0.1, 0.15) is 6.61 Å². The zero-order valence-corrected chi connectivity index (χ0v) is 16.2. The van der Waals surface area contributed by atoms with Gasteiger partial charge in [-0.25, -0.2) is 4.79 Å². The second-order valence-electron chi connectivity index (χ2n) is 7.37. The van der Waals surface area contributed by atoms with E-state index >= 15 is 0 Å². The van der Waals surface area contributed by atoms with Crippen molar-refractivity contribution in [3.05, 3.63) is 71.8 Å². The second kappa shape index (κ2) is 10.1. The summed E-state index contributed by atoms with van der Waals surface area (Å²) in [6.07, 6.45) is 4.80. The number of amides is 1. The van der Waals surface area contributed by atoms with Crippen LogP contribution in [0.25, 0.3) is 0 Å². The number of carbonyl (C=O) groups is 1. The molecular formula is C23H30N2O2. The summed E-state index contributed by atoms with van der Waals surface area (Å²) < 4.78 is 5.20. The lowest BCUT2D eigenvalue weighted by Gasteiger charge is -2.14. The Labute approximate surface area is 162 Å². The van der Waals surface area contributed by atoms with Crippen LogP contribution in [-0.4, -0.2) is 42.1 Å². The van der Waals surface area contributed by atoms with E-state index in [9.17, 15) is 4.79 Å². The average molecular weight is 367 g/mol. The van der Waals surface area contributed by atoms with Gasteiger partial charge in [-0.05, 0) is 43.9 Å². The van der Waals surface area contributed by atoms with Gasteiger partial charge < -0.3 is 9.64 Å². The molecule has 144 valence electrons. The van der Waals surface area contributed by atoms with Gasteiger partial charge in [-0.15, -0.1) is 0 Å². The largest absolute Gasteiger partial charge is 0.445 e. The van der Waals surface area contributed by atoms with Crippen LogP contribution in [0.5, 0.6) is 0 Å². The van der Waals surface area contributed by atoms with Crippen LogP contribution in [0.3, 0.4) is 0 Å². The van der Waals surface area contributed by atoms with Crippen molar-refractivity contribution in [2.24, 2.45) is 0 Å². The van der Waals surface area contributed by atoms with E-state index in [1.54, 1.807) is 4.90 Å². The van der Waals surface area contributed by atoms with E-state index in [1.165, 1.54) is 18.4 Å². The predicted molar refractivity (Wildman–Crippen MR) is 108 cm³/mol. The maximum Gasteiger partial charge on any atom is 0.410 e. The molecule has 2 fully saturated rings. The number of ether oxygens (including phenoxy) is 1. The molecule has 1 aliphatic carbocycles. The maximum atomic E-state index is 11.5. The normalized spacial score (nSPS) is 16.0. The third kappa shape index (κ3) is 6.72. The average Bonchev–Trinajstić information content (AvgIpc) is 3.43. The number of benzene rings is 2. The highest BCUT2D eigenvalue weighted by atomic mass is 16.6. The van der Waals surface area contributed by atoms with Crippen molar-refractivity contribution in [3.8, 4) is 0 Å². The van der Waals surface area contributed by atoms with Crippen LogP contribution in [-0.2, 0) is 17.9 Å². The molecule has 2 aromatic carbocycles. The van der Waals surface area contributed by atoms with Crippen molar-refractivity contribution in [1.29, 1.82) is 0 Å². The lowest BCUT2D eigenvalue weighted by Crippen LogP contribution is -2.28. The van der Waals surface area contributed by atoms with Crippen molar-refractivity contribution in [1.82, 2.24) is 9.80 Å². The Kier molecular flexibility index (Phi) is 7.28. The monoisotopic (exact) mass is 366 g/mol. The van der Waals surface area contributed by atoms with Crippen molar-refractivity contribution < 1.29 is 9.53 Å². The molecule has 27 heavy (non-hydrogen) atoms. The predicted octanol–water partition coefficient (Wildman–Crippen LogP) is 4.70. The topological polar surface area (TPSA) is 32.8 Å². The molecule has 0 atom stereocenters. The molecule has 4 heteroatoms. The summed E-state index contributed by atoms with van der Waals surface area (Å²) in [4.78, 5) is 15.7. The van der Waals surface area contributed by atoms with Crippen molar-refractivity contribution >= 4 is 6.09 Å². The maximum absolute atomic E-state index is 11.5. The van der Waals surface area contributed by atoms with Crippen LogP contribution in [0, 0.1) is 0 Å². The summed E-state index contributed by atoms with van der Waals surface area (Å²) in [5.74, 6) is 0. The Bertz CT molecular complexity index is 680. The Balaban J connectivity index is 0.000000159. The van der Waals surface area contributed by atoms with Gasteiger partial charge in [-0.3, -0.25) is 4.90 Å². The zero-order valence-electron chi connectivity index (χ0n) is 16.2. The van der Waals surface area contributed by atoms with E-state index in [2.05, 4.69) is 42.3 Å². The van der Waals surface area contributed by atoms with Crippen LogP contribution in [0.4, 0.5) is 4.79 Å². The lowest BCUT2D eigenvalue weighted by atomic mass is 10.2. The Morgan fingerprint density at radius 2 is 1.52 bits per heavy atom. The highest BCUT2D eigenvalue weighted by Crippen LogP contribution is 2.26. The number of nitrogens with zero attached hydrogens (tertiary/aromatic N) is 2. The molecule has 2 aliphatic rings. The van der Waals surface area contributed by atoms with Crippen LogP contribution < -0.4 is 0 Å². The van der Waals surface area contributed by atoms with Crippen molar-refractivity contribution in [2.45, 2.75) is 44.9 Å². The van der Waals surface area contributed by atoms with Crippen LogP contribution in [0.15, 0.2) is 60.7 Å². The summed E-state index contributed by atoms with van der Waals surface area (Å²) in [7, 11) is 2.21. The van der Waals surface area contributed by atoms with Gasteiger partial charge in [0.15, 0.2) is 0 Å². The number of rotatable bonds is 5. The minimum Gasteiger partial charge on any atom is -0.445 e. The highest BCUT2D eigenvalue weighted by molar-refractivity contribution is 5.67. The van der Waals surface area contributed by atoms with E-state index in [-0.39, 0.29) is 6.09 Å². The van der Waals surface area contributed by atoms with Gasteiger partial charge in [0.2, 0.25) is 0 Å². The summed E-state index contributed by atoms with van der Waals surface area (Å²) in [5, 5.41) is 0. The van der Waals surface area contributed by atoms with Crippen molar-refractivity contribution in [2.75, 3.05) is 20.1 Å². The van der Waals surface area contributed by atoms with E-state index in [0.29, 0.717) is 6.61 Å². The molecule has 0 unspecified atom stereocenters. The third-order valence-corrected chi connectivity index (χ3v) is 5.01. The smallest absolute Gasteiger partial charge is 0.410 e. The number of hydrogen-bond donors (Lipinski definition) is 0. The van der Waals surface area contributed by atoms with E-state index in [4.69, 9.17) is 4.74 Å². The molecule has 2 aromatic rings. The fourth-order valence-corrected chi connectivity index (χ4v) is 3.23. The van der Waals surface area contributed by atoms with Gasteiger partial charge in [-0.1, -0.05) is 60.7 Å². The van der Waals surface area contributed by atoms with Gasteiger partial charge in [0.05, 0.1) is 0 Å². The minimum absolute atomic E-state index is 0.184. The Hall–Kier alpha value is -2.33. The van der Waals surface area contributed by atoms with Crippen LogP contribution >= 0.6 is 0 Å². The first-order valence-corrected chi connectivity index (χ1v) is 9.92. The molecule has 0 spiro atoms. The molecule has 0 bridgehead atoms. The van der Waals surface area contributed by atoms with Gasteiger partial charge in [0.25, 0.3) is 0 Å². The fourth-order valence-electron chi connectivity index (χ4n) is 3.23. The minimum atomic E-state index is -0.184. The van der Waals surface area contributed by atoms with E-state index in [1.807, 2.05) is 30.3 Å². The summed E-state index contributed by atoms with van der Waals surface area (Å²) in [5.41, 5.74) is 2.46. The Morgan fingerprint density at radius 1 is 0.963 bits per heavy atom. The first-order valence-electron chi connectivity index (χ1n) is 9.92. The molecule has 1 heterocycles. The molecule has 0 radical (unpaired) electrons. The molecule has 0 N–H and O–H groups in total. The SMILES string of the molecule is CN(Cc1ccccc1)C1CC1.O=C(OCc1ccccc1)N1CCCC1. The summed E-state index contributed by atoms with van der Waals surface area (Å²) >= 11 is 0. The van der Waals surface area contributed by atoms with E-state index < -0.39 is 0 Å². The quantitative estimate of drug-likeness (QED) is 0.769. The van der Waals surface area contributed by atoms with E-state index in [0.717, 1.165) is 44.1 Å². The number of hydrogen-bond acceptors (Lipinski definition) is 3. The summed E-state index contributed by atoms with van der Waals surface area (Å²) in [6, 6.07) is 21.3.